The highest BCUT2D eigenvalue weighted by atomic mass is 16.6. The Hall–Kier alpha value is -1.84. The Balaban J connectivity index is 2.31. The van der Waals surface area contributed by atoms with Crippen LogP contribution in [0.3, 0.4) is 0 Å². The lowest BCUT2D eigenvalue weighted by molar-refractivity contribution is -0.151. The molecule has 0 aromatic heterocycles. The van der Waals surface area contributed by atoms with Crippen molar-refractivity contribution >= 4 is 11.9 Å². The molecule has 1 aliphatic rings. The van der Waals surface area contributed by atoms with Crippen LogP contribution in [0.1, 0.15) is 31.9 Å². The molecule has 102 valence electrons. The zero-order valence-electron chi connectivity index (χ0n) is 11.2. The molecular weight excluding hydrogens is 244 g/mol. The highest BCUT2D eigenvalue weighted by molar-refractivity contribution is 5.86. The van der Waals surface area contributed by atoms with Crippen molar-refractivity contribution in [2.75, 3.05) is 6.61 Å². The van der Waals surface area contributed by atoms with Gasteiger partial charge >= 0.3 is 11.9 Å². The molecule has 1 saturated heterocycles. The third-order valence-corrected chi connectivity index (χ3v) is 3.43. The van der Waals surface area contributed by atoms with Gasteiger partial charge in [-0.1, -0.05) is 37.3 Å². The molecule has 0 N–H and O–H groups in total. The number of cyclic esters (lactones) is 1. The molecular formula is C15H18O4. The fraction of sp³-hybridized carbons (Fsp3) is 0.467. The monoisotopic (exact) mass is 262 g/mol. The third-order valence-electron chi connectivity index (χ3n) is 3.43. The van der Waals surface area contributed by atoms with Crippen LogP contribution in [0, 0.1) is 11.8 Å². The average Bonchev–Trinajstić information content (AvgIpc) is 2.77. The van der Waals surface area contributed by atoms with Crippen LogP contribution in [-0.4, -0.2) is 18.5 Å². The first-order valence-corrected chi connectivity index (χ1v) is 6.61. The van der Waals surface area contributed by atoms with Gasteiger partial charge in [0.1, 0.15) is 12.0 Å². The Kier molecular flexibility index (Phi) is 4.20. The second-order valence-electron chi connectivity index (χ2n) is 4.56. The lowest BCUT2D eigenvalue weighted by atomic mass is 9.85. The zero-order chi connectivity index (χ0) is 13.8. The Morgan fingerprint density at radius 1 is 1.26 bits per heavy atom. The fourth-order valence-corrected chi connectivity index (χ4v) is 2.51. The van der Waals surface area contributed by atoms with Crippen LogP contribution in [-0.2, 0) is 19.1 Å². The lowest BCUT2D eigenvalue weighted by Crippen LogP contribution is -2.27. The molecule has 0 aliphatic carbocycles. The summed E-state index contributed by atoms with van der Waals surface area (Å²) in [5.41, 5.74) is 0.838. The van der Waals surface area contributed by atoms with E-state index in [9.17, 15) is 9.59 Å². The van der Waals surface area contributed by atoms with E-state index in [1.165, 1.54) is 0 Å². The molecule has 0 radical (unpaired) electrons. The number of esters is 2. The van der Waals surface area contributed by atoms with Crippen LogP contribution in [0.15, 0.2) is 30.3 Å². The van der Waals surface area contributed by atoms with E-state index in [0.29, 0.717) is 13.0 Å². The number of rotatable bonds is 4. The minimum absolute atomic E-state index is 0.307. The molecule has 4 nitrogen and oxygen atoms in total. The number of benzene rings is 1. The van der Waals surface area contributed by atoms with E-state index in [0.717, 1.165) is 5.56 Å². The van der Waals surface area contributed by atoms with Crippen molar-refractivity contribution in [2.45, 2.75) is 26.4 Å². The minimum atomic E-state index is -0.542. The van der Waals surface area contributed by atoms with Crippen molar-refractivity contribution in [3.8, 4) is 0 Å². The van der Waals surface area contributed by atoms with Crippen molar-refractivity contribution in [1.82, 2.24) is 0 Å². The molecule has 2 rings (SSSR count). The van der Waals surface area contributed by atoms with Gasteiger partial charge in [0.15, 0.2) is 0 Å². The van der Waals surface area contributed by atoms with Crippen LogP contribution >= 0.6 is 0 Å². The molecule has 1 aromatic rings. The van der Waals surface area contributed by atoms with Gasteiger partial charge in [-0.3, -0.25) is 9.59 Å². The molecule has 1 heterocycles. The van der Waals surface area contributed by atoms with E-state index < -0.39 is 17.9 Å². The summed E-state index contributed by atoms with van der Waals surface area (Å²) >= 11 is 0. The van der Waals surface area contributed by atoms with Crippen molar-refractivity contribution in [2.24, 2.45) is 11.8 Å². The van der Waals surface area contributed by atoms with Crippen molar-refractivity contribution < 1.29 is 19.1 Å². The molecule has 1 aliphatic heterocycles. The number of ether oxygens (including phenoxy) is 2. The normalized spacial score (nSPS) is 26.0. The quantitative estimate of drug-likeness (QED) is 0.782. The van der Waals surface area contributed by atoms with Gasteiger partial charge in [-0.2, -0.15) is 0 Å². The summed E-state index contributed by atoms with van der Waals surface area (Å²) in [6, 6.07) is 9.34. The average molecular weight is 262 g/mol. The smallest absolute Gasteiger partial charge is 0.313 e. The van der Waals surface area contributed by atoms with Crippen molar-refractivity contribution in [3.63, 3.8) is 0 Å². The third kappa shape index (κ3) is 2.62. The first-order chi connectivity index (χ1) is 9.19. The van der Waals surface area contributed by atoms with E-state index in [4.69, 9.17) is 9.47 Å². The molecule has 0 amide bonds. The number of hydrogen-bond donors (Lipinski definition) is 0. The molecule has 4 heteroatoms. The summed E-state index contributed by atoms with van der Waals surface area (Å²) in [4.78, 5) is 24.0. The summed E-state index contributed by atoms with van der Waals surface area (Å²) < 4.78 is 10.5. The molecule has 1 aromatic carbocycles. The molecule has 0 spiro atoms. The Morgan fingerprint density at radius 2 is 1.95 bits per heavy atom. The van der Waals surface area contributed by atoms with Crippen molar-refractivity contribution in [3.05, 3.63) is 35.9 Å². The molecule has 3 atom stereocenters. The molecule has 19 heavy (non-hydrogen) atoms. The van der Waals surface area contributed by atoms with Gasteiger partial charge in [-0.05, 0) is 18.9 Å². The highest BCUT2D eigenvalue weighted by Crippen LogP contribution is 2.41. The summed E-state index contributed by atoms with van der Waals surface area (Å²) in [5.74, 6) is -1.62. The van der Waals surface area contributed by atoms with Gasteiger partial charge in [0.05, 0.1) is 12.5 Å². The van der Waals surface area contributed by atoms with Crippen LogP contribution in [0.4, 0.5) is 0 Å². The van der Waals surface area contributed by atoms with E-state index in [-0.39, 0.29) is 11.9 Å². The van der Waals surface area contributed by atoms with Crippen LogP contribution in [0.5, 0.6) is 0 Å². The fourth-order valence-electron chi connectivity index (χ4n) is 2.51. The highest BCUT2D eigenvalue weighted by Gasteiger charge is 2.49. The SMILES string of the molecule is CCOC(=O)[C@@H]1[C@H](CC)C(=O)O[C@@H]1c1ccccc1. The van der Waals surface area contributed by atoms with Crippen LogP contribution in [0.2, 0.25) is 0 Å². The van der Waals surface area contributed by atoms with Gasteiger partial charge in [-0.25, -0.2) is 0 Å². The molecule has 0 unspecified atom stereocenters. The predicted molar refractivity (Wildman–Crippen MR) is 69.2 cm³/mol. The Labute approximate surface area is 112 Å². The van der Waals surface area contributed by atoms with Gasteiger partial charge in [0, 0.05) is 0 Å². The van der Waals surface area contributed by atoms with E-state index in [1.54, 1.807) is 6.92 Å². The lowest BCUT2D eigenvalue weighted by Gasteiger charge is -2.18. The molecule has 0 saturated carbocycles. The minimum Gasteiger partial charge on any atom is -0.466 e. The molecule has 0 bridgehead atoms. The van der Waals surface area contributed by atoms with Gasteiger partial charge in [0.25, 0.3) is 0 Å². The largest absolute Gasteiger partial charge is 0.466 e. The van der Waals surface area contributed by atoms with E-state index in [2.05, 4.69) is 0 Å². The van der Waals surface area contributed by atoms with Gasteiger partial charge < -0.3 is 9.47 Å². The van der Waals surface area contributed by atoms with Gasteiger partial charge in [-0.15, -0.1) is 0 Å². The molecule has 1 fully saturated rings. The first kappa shape index (κ1) is 13.6. The maximum atomic E-state index is 12.1. The summed E-state index contributed by atoms with van der Waals surface area (Å²) in [7, 11) is 0. The van der Waals surface area contributed by atoms with Crippen LogP contribution < -0.4 is 0 Å². The first-order valence-electron chi connectivity index (χ1n) is 6.61. The zero-order valence-corrected chi connectivity index (χ0v) is 11.2. The number of hydrogen-bond acceptors (Lipinski definition) is 4. The van der Waals surface area contributed by atoms with Gasteiger partial charge in [0.2, 0.25) is 0 Å². The number of carbonyl (C=O) groups is 2. The topological polar surface area (TPSA) is 52.6 Å². The summed E-state index contributed by atoms with van der Waals surface area (Å²) in [6.07, 6.45) is 0.0451. The van der Waals surface area contributed by atoms with Crippen molar-refractivity contribution in [1.29, 1.82) is 0 Å². The second-order valence-corrected chi connectivity index (χ2v) is 4.56. The second kappa shape index (κ2) is 5.87. The predicted octanol–water partition coefficient (Wildman–Crippen LogP) is 2.49. The Bertz CT molecular complexity index is 454. The maximum Gasteiger partial charge on any atom is 0.313 e. The summed E-state index contributed by atoms with van der Waals surface area (Å²) in [6.45, 7) is 3.95. The summed E-state index contributed by atoms with van der Waals surface area (Å²) in [5, 5.41) is 0. The Morgan fingerprint density at radius 3 is 2.53 bits per heavy atom. The van der Waals surface area contributed by atoms with E-state index >= 15 is 0 Å². The van der Waals surface area contributed by atoms with Crippen LogP contribution in [0.25, 0.3) is 0 Å². The number of carbonyl (C=O) groups excluding carboxylic acids is 2. The standard InChI is InChI=1S/C15H18O4/c1-3-11-12(15(17)18-4-2)13(19-14(11)16)10-8-6-5-7-9-10/h5-9,11-13H,3-4H2,1-2H3/t11-,12+,13+/m0/s1. The van der Waals surface area contributed by atoms with E-state index in [1.807, 2.05) is 37.3 Å². The maximum absolute atomic E-state index is 12.1.